The lowest BCUT2D eigenvalue weighted by Gasteiger charge is -2.25. The molecule has 0 amide bonds. The van der Waals surface area contributed by atoms with Gasteiger partial charge in [0.05, 0.1) is 14.2 Å². The number of ether oxygens (including phenoxy) is 2. The molecule has 0 aliphatic rings. The Bertz CT molecular complexity index is 1940. The van der Waals surface area contributed by atoms with Crippen LogP contribution in [0.3, 0.4) is 0 Å². The van der Waals surface area contributed by atoms with Crippen molar-refractivity contribution in [3.63, 3.8) is 0 Å². The van der Waals surface area contributed by atoms with E-state index in [-0.39, 0.29) is 0 Å². The molecular formula is C38H27NO2. The maximum Gasteiger partial charge on any atom is 0.119 e. The van der Waals surface area contributed by atoms with Crippen LogP contribution in [0.2, 0.25) is 0 Å². The van der Waals surface area contributed by atoms with E-state index in [1.807, 2.05) is 24.3 Å². The molecule has 0 saturated heterocycles. The maximum atomic E-state index is 5.38. The van der Waals surface area contributed by atoms with Crippen molar-refractivity contribution in [1.29, 1.82) is 0 Å². The number of rotatable bonds is 5. The highest BCUT2D eigenvalue weighted by Crippen LogP contribution is 2.37. The Labute approximate surface area is 239 Å². The second-order valence-corrected chi connectivity index (χ2v) is 10.0. The normalized spacial score (nSPS) is 11.0. The molecule has 0 unspecified atom stereocenters. The molecule has 196 valence electrons. The molecular weight excluding hydrogens is 502 g/mol. The molecule has 0 N–H and O–H groups in total. The third-order valence-corrected chi connectivity index (χ3v) is 7.60. The van der Waals surface area contributed by atoms with Gasteiger partial charge in [-0.05, 0) is 117 Å². The van der Waals surface area contributed by atoms with Gasteiger partial charge in [-0.1, -0.05) is 54.3 Å². The Morgan fingerprint density at radius 3 is 1.34 bits per heavy atom. The molecule has 0 aliphatic carbocycles. The summed E-state index contributed by atoms with van der Waals surface area (Å²) in [5.41, 5.74) is 5.07. The highest BCUT2D eigenvalue weighted by Gasteiger charge is 2.13. The molecule has 0 heterocycles. The molecule has 0 radical (unpaired) electrons. The SMILES string of the molecule is COc1ccc(N(c2ccc(C#Cc3cc4ccc5cccc6ccc(c3)c4c56)cc2)c2ccc(OC)cc2)cc1. The summed E-state index contributed by atoms with van der Waals surface area (Å²) in [6, 6.07) is 44.2. The minimum absolute atomic E-state index is 0.820. The van der Waals surface area contributed by atoms with Gasteiger partial charge in [-0.15, -0.1) is 0 Å². The fraction of sp³-hybridized carbons (Fsp3) is 0.0526. The van der Waals surface area contributed by atoms with Gasteiger partial charge in [0.25, 0.3) is 0 Å². The predicted octanol–water partition coefficient (Wildman–Crippen LogP) is 9.47. The Morgan fingerprint density at radius 2 is 0.854 bits per heavy atom. The average molecular weight is 530 g/mol. The van der Waals surface area contributed by atoms with E-state index in [0.29, 0.717) is 0 Å². The van der Waals surface area contributed by atoms with Crippen LogP contribution >= 0.6 is 0 Å². The molecule has 3 nitrogen and oxygen atoms in total. The van der Waals surface area contributed by atoms with E-state index in [0.717, 1.165) is 39.7 Å². The molecule has 7 aromatic carbocycles. The maximum absolute atomic E-state index is 5.38. The molecule has 0 atom stereocenters. The minimum Gasteiger partial charge on any atom is -0.497 e. The van der Waals surface area contributed by atoms with E-state index in [4.69, 9.17) is 9.47 Å². The lowest BCUT2D eigenvalue weighted by atomic mass is 9.93. The number of benzene rings is 7. The van der Waals surface area contributed by atoms with Gasteiger partial charge in [0.15, 0.2) is 0 Å². The van der Waals surface area contributed by atoms with Crippen LogP contribution in [-0.2, 0) is 0 Å². The summed E-state index contributed by atoms with van der Waals surface area (Å²) in [7, 11) is 3.36. The Balaban J connectivity index is 1.23. The van der Waals surface area contributed by atoms with Crippen molar-refractivity contribution in [2.75, 3.05) is 19.1 Å². The van der Waals surface area contributed by atoms with Crippen molar-refractivity contribution in [2.24, 2.45) is 0 Å². The zero-order valence-electron chi connectivity index (χ0n) is 22.9. The largest absolute Gasteiger partial charge is 0.497 e. The van der Waals surface area contributed by atoms with Gasteiger partial charge in [-0.3, -0.25) is 0 Å². The van der Waals surface area contributed by atoms with Crippen LogP contribution in [0, 0.1) is 11.8 Å². The van der Waals surface area contributed by atoms with Crippen molar-refractivity contribution in [1.82, 2.24) is 0 Å². The van der Waals surface area contributed by atoms with Crippen molar-refractivity contribution in [3.8, 4) is 23.3 Å². The zero-order chi connectivity index (χ0) is 27.8. The fourth-order valence-corrected chi connectivity index (χ4v) is 5.57. The third-order valence-electron chi connectivity index (χ3n) is 7.60. The first-order valence-electron chi connectivity index (χ1n) is 13.6. The van der Waals surface area contributed by atoms with E-state index in [1.165, 1.54) is 32.3 Å². The molecule has 0 fully saturated rings. The number of hydrogen-bond acceptors (Lipinski definition) is 3. The van der Waals surface area contributed by atoms with E-state index in [1.54, 1.807) is 14.2 Å². The zero-order valence-corrected chi connectivity index (χ0v) is 22.9. The first-order valence-corrected chi connectivity index (χ1v) is 13.6. The van der Waals surface area contributed by atoms with Gasteiger partial charge in [-0.2, -0.15) is 0 Å². The highest BCUT2D eigenvalue weighted by molar-refractivity contribution is 6.23. The van der Waals surface area contributed by atoms with Gasteiger partial charge in [0.2, 0.25) is 0 Å². The molecule has 0 aliphatic heterocycles. The lowest BCUT2D eigenvalue weighted by Crippen LogP contribution is -2.09. The summed E-state index contributed by atoms with van der Waals surface area (Å²) < 4.78 is 10.8. The highest BCUT2D eigenvalue weighted by atomic mass is 16.5. The summed E-state index contributed by atoms with van der Waals surface area (Å²) in [5, 5.41) is 7.64. The van der Waals surface area contributed by atoms with Crippen LogP contribution in [-0.4, -0.2) is 14.2 Å². The number of hydrogen-bond donors (Lipinski definition) is 0. The predicted molar refractivity (Wildman–Crippen MR) is 170 cm³/mol. The van der Waals surface area contributed by atoms with Crippen LogP contribution in [0.15, 0.2) is 127 Å². The Kier molecular flexibility index (Phi) is 6.15. The smallest absolute Gasteiger partial charge is 0.119 e. The second kappa shape index (κ2) is 10.3. The van der Waals surface area contributed by atoms with Gasteiger partial charge in [0.1, 0.15) is 11.5 Å². The van der Waals surface area contributed by atoms with Crippen LogP contribution < -0.4 is 14.4 Å². The number of methoxy groups -OCH3 is 2. The van der Waals surface area contributed by atoms with Crippen LogP contribution in [0.1, 0.15) is 11.1 Å². The van der Waals surface area contributed by atoms with Crippen LogP contribution in [0.25, 0.3) is 32.3 Å². The fourth-order valence-electron chi connectivity index (χ4n) is 5.57. The molecule has 7 aromatic rings. The number of anilines is 3. The van der Waals surface area contributed by atoms with Crippen LogP contribution in [0.5, 0.6) is 11.5 Å². The summed E-state index contributed by atoms with van der Waals surface area (Å²) in [6.45, 7) is 0. The van der Waals surface area contributed by atoms with E-state index in [2.05, 4.69) is 120 Å². The first kappa shape index (κ1) is 24.6. The molecule has 0 aromatic heterocycles. The van der Waals surface area contributed by atoms with Gasteiger partial charge in [0, 0.05) is 28.2 Å². The molecule has 3 heteroatoms. The molecule has 0 bridgehead atoms. The van der Waals surface area contributed by atoms with Crippen molar-refractivity contribution in [2.45, 2.75) is 0 Å². The monoisotopic (exact) mass is 529 g/mol. The lowest BCUT2D eigenvalue weighted by molar-refractivity contribution is 0.415. The van der Waals surface area contributed by atoms with Gasteiger partial charge in [-0.25, -0.2) is 0 Å². The van der Waals surface area contributed by atoms with E-state index < -0.39 is 0 Å². The molecule has 41 heavy (non-hydrogen) atoms. The van der Waals surface area contributed by atoms with Crippen LogP contribution in [0.4, 0.5) is 17.1 Å². The third kappa shape index (κ3) is 4.56. The molecule has 0 saturated carbocycles. The Hall–Kier alpha value is -5.46. The summed E-state index contributed by atoms with van der Waals surface area (Å²) in [6.07, 6.45) is 0. The molecule has 0 spiro atoms. The summed E-state index contributed by atoms with van der Waals surface area (Å²) in [5.74, 6) is 8.43. The summed E-state index contributed by atoms with van der Waals surface area (Å²) in [4.78, 5) is 2.20. The Morgan fingerprint density at radius 1 is 0.439 bits per heavy atom. The topological polar surface area (TPSA) is 21.7 Å². The number of nitrogens with zero attached hydrogens (tertiary/aromatic N) is 1. The van der Waals surface area contributed by atoms with Crippen molar-refractivity contribution in [3.05, 3.63) is 139 Å². The van der Waals surface area contributed by atoms with Crippen molar-refractivity contribution < 1.29 is 9.47 Å². The van der Waals surface area contributed by atoms with Crippen molar-refractivity contribution >= 4 is 49.4 Å². The quantitative estimate of drug-likeness (QED) is 0.164. The van der Waals surface area contributed by atoms with E-state index >= 15 is 0 Å². The average Bonchev–Trinajstić information content (AvgIpc) is 3.04. The van der Waals surface area contributed by atoms with Gasteiger partial charge >= 0.3 is 0 Å². The second-order valence-electron chi connectivity index (χ2n) is 10.0. The first-order chi connectivity index (χ1) is 20.2. The minimum atomic E-state index is 0.820. The standard InChI is InChI=1S/C38H27NO2/c1-40-35-20-16-33(17-21-35)39(34-18-22-36(41-2)23-19-34)32-14-8-26(9-15-32)6-7-27-24-30-12-10-28-4-3-5-29-11-13-31(25-27)38(30)37(28)29/h3-5,8-25H,1-2H3. The van der Waals surface area contributed by atoms with Gasteiger partial charge < -0.3 is 14.4 Å². The summed E-state index contributed by atoms with van der Waals surface area (Å²) >= 11 is 0. The molecule has 7 rings (SSSR count). The van der Waals surface area contributed by atoms with E-state index in [9.17, 15) is 0 Å².